The molecule has 0 radical (unpaired) electrons. The lowest BCUT2D eigenvalue weighted by Crippen LogP contribution is -2.64. The zero-order chi connectivity index (χ0) is 24.5. The SMILES string of the molecule is O=C(c1ccc(-c2nc(-c3ccccc3)cs2)cc1)N1CC(N2CCN(C(=O)c3nccs3)CC2)C1. The summed E-state index contributed by atoms with van der Waals surface area (Å²) in [5.74, 6) is 0.0899. The summed E-state index contributed by atoms with van der Waals surface area (Å²) in [6, 6.07) is 18.3. The van der Waals surface area contributed by atoms with E-state index in [-0.39, 0.29) is 11.8 Å². The molecular weight excluding hydrogens is 490 g/mol. The number of nitrogens with zero attached hydrogens (tertiary/aromatic N) is 5. The molecule has 7 nitrogen and oxygen atoms in total. The molecule has 0 saturated carbocycles. The van der Waals surface area contributed by atoms with Gasteiger partial charge in [-0.1, -0.05) is 42.5 Å². The number of carbonyl (C=O) groups is 2. The van der Waals surface area contributed by atoms with Crippen molar-refractivity contribution >= 4 is 34.5 Å². The van der Waals surface area contributed by atoms with E-state index in [1.165, 1.54) is 11.3 Å². The van der Waals surface area contributed by atoms with Gasteiger partial charge in [-0.15, -0.1) is 22.7 Å². The predicted molar refractivity (Wildman–Crippen MR) is 142 cm³/mol. The zero-order valence-corrected chi connectivity index (χ0v) is 21.3. The van der Waals surface area contributed by atoms with Gasteiger partial charge in [0.2, 0.25) is 0 Å². The van der Waals surface area contributed by atoms with E-state index >= 15 is 0 Å². The maximum atomic E-state index is 13.0. The number of piperazine rings is 1. The van der Waals surface area contributed by atoms with Crippen molar-refractivity contribution in [3.05, 3.63) is 82.1 Å². The zero-order valence-electron chi connectivity index (χ0n) is 19.6. The van der Waals surface area contributed by atoms with Crippen molar-refractivity contribution in [1.82, 2.24) is 24.7 Å². The summed E-state index contributed by atoms with van der Waals surface area (Å²) in [4.78, 5) is 40.6. The van der Waals surface area contributed by atoms with Gasteiger partial charge in [-0.25, -0.2) is 9.97 Å². The fourth-order valence-electron chi connectivity index (χ4n) is 4.69. The smallest absolute Gasteiger partial charge is 0.282 e. The van der Waals surface area contributed by atoms with Crippen LogP contribution in [0.15, 0.2) is 71.6 Å². The Balaban J connectivity index is 1.01. The highest BCUT2D eigenvalue weighted by Gasteiger charge is 2.37. The van der Waals surface area contributed by atoms with Crippen LogP contribution in [-0.2, 0) is 0 Å². The number of aromatic nitrogens is 2. The summed E-state index contributed by atoms with van der Waals surface area (Å²) in [6.07, 6.45) is 1.67. The highest BCUT2D eigenvalue weighted by Crippen LogP contribution is 2.29. The molecule has 36 heavy (non-hydrogen) atoms. The Kier molecular flexibility index (Phi) is 6.35. The van der Waals surface area contributed by atoms with Crippen LogP contribution in [0.1, 0.15) is 20.2 Å². The molecular formula is C27H25N5O2S2. The number of amides is 2. The fraction of sp³-hybridized carbons (Fsp3) is 0.259. The van der Waals surface area contributed by atoms with Gasteiger partial charge in [-0.3, -0.25) is 14.5 Å². The summed E-state index contributed by atoms with van der Waals surface area (Å²) >= 11 is 3.00. The van der Waals surface area contributed by atoms with Crippen LogP contribution in [0.5, 0.6) is 0 Å². The van der Waals surface area contributed by atoms with Crippen LogP contribution in [0.3, 0.4) is 0 Å². The average Bonchev–Trinajstić information content (AvgIpc) is 3.62. The first-order valence-corrected chi connectivity index (χ1v) is 13.7. The third-order valence-corrected chi connectivity index (χ3v) is 8.49. The number of rotatable bonds is 5. The summed E-state index contributed by atoms with van der Waals surface area (Å²) in [6.45, 7) is 4.52. The van der Waals surface area contributed by atoms with Crippen molar-refractivity contribution in [2.24, 2.45) is 0 Å². The Morgan fingerprint density at radius 1 is 0.806 bits per heavy atom. The lowest BCUT2D eigenvalue weighted by molar-refractivity contribution is 0.00853. The van der Waals surface area contributed by atoms with E-state index in [9.17, 15) is 9.59 Å². The first-order valence-electron chi connectivity index (χ1n) is 12.0. The molecule has 4 aromatic rings. The van der Waals surface area contributed by atoms with Gasteiger partial charge in [0.1, 0.15) is 5.01 Å². The van der Waals surface area contributed by atoms with Gasteiger partial charge < -0.3 is 9.80 Å². The van der Waals surface area contributed by atoms with Gasteiger partial charge >= 0.3 is 0 Å². The van der Waals surface area contributed by atoms with Crippen molar-refractivity contribution in [2.75, 3.05) is 39.3 Å². The Hall–Kier alpha value is -3.40. The molecule has 0 N–H and O–H groups in total. The lowest BCUT2D eigenvalue weighted by atomic mass is 10.0. The van der Waals surface area contributed by atoms with E-state index in [4.69, 9.17) is 4.98 Å². The van der Waals surface area contributed by atoms with Crippen LogP contribution in [0.2, 0.25) is 0 Å². The molecule has 2 saturated heterocycles. The Morgan fingerprint density at radius 2 is 1.56 bits per heavy atom. The molecule has 4 heterocycles. The predicted octanol–water partition coefficient (Wildman–Crippen LogP) is 4.22. The van der Waals surface area contributed by atoms with Gasteiger partial charge in [0.15, 0.2) is 5.01 Å². The number of carbonyl (C=O) groups excluding carboxylic acids is 2. The monoisotopic (exact) mass is 515 g/mol. The minimum atomic E-state index is 0.0209. The standard InChI is InChI=1S/C27H25N5O2S2/c33-26(21-8-6-20(7-9-21)24-29-23(18-36-24)19-4-2-1-3-5-19)32-16-22(17-32)30-11-13-31(14-12-30)27(34)25-28-10-15-35-25/h1-10,15,18,22H,11-14,16-17H2. The van der Waals surface area contributed by atoms with Crippen LogP contribution in [-0.4, -0.2) is 81.8 Å². The van der Waals surface area contributed by atoms with E-state index < -0.39 is 0 Å². The van der Waals surface area contributed by atoms with Gasteiger partial charge in [0, 0.05) is 79.0 Å². The van der Waals surface area contributed by atoms with Gasteiger partial charge in [-0.2, -0.15) is 0 Å². The quantitative estimate of drug-likeness (QED) is 0.398. The molecule has 182 valence electrons. The lowest BCUT2D eigenvalue weighted by Gasteiger charge is -2.48. The van der Waals surface area contributed by atoms with Gasteiger partial charge in [0.05, 0.1) is 5.69 Å². The molecule has 2 aliphatic rings. The van der Waals surface area contributed by atoms with Crippen molar-refractivity contribution in [3.8, 4) is 21.8 Å². The van der Waals surface area contributed by atoms with Crippen LogP contribution in [0.25, 0.3) is 21.8 Å². The highest BCUT2D eigenvalue weighted by atomic mass is 32.1. The summed E-state index contributed by atoms with van der Waals surface area (Å²) in [7, 11) is 0. The molecule has 2 amide bonds. The first-order chi connectivity index (χ1) is 17.7. The average molecular weight is 516 g/mol. The number of hydrogen-bond acceptors (Lipinski definition) is 7. The van der Waals surface area contributed by atoms with Crippen molar-refractivity contribution in [2.45, 2.75) is 6.04 Å². The number of likely N-dealkylation sites (tertiary alicyclic amines) is 1. The van der Waals surface area contributed by atoms with E-state index in [0.29, 0.717) is 29.7 Å². The normalized spacial score (nSPS) is 16.7. The molecule has 0 aliphatic carbocycles. The second-order valence-electron chi connectivity index (χ2n) is 9.01. The van der Waals surface area contributed by atoms with E-state index in [1.54, 1.807) is 17.5 Å². The van der Waals surface area contributed by atoms with E-state index in [2.05, 4.69) is 27.4 Å². The van der Waals surface area contributed by atoms with E-state index in [0.717, 1.165) is 48.0 Å². The van der Waals surface area contributed by atoms with Crippen LogP contribution in [0, 0.1) is 0 Å². The minimum absolute atomic E-state index is 0.0209. The third-order valence-electron chi connectivity index (χ3n) is 6.84. The van der Waals surface area contributed by atoms with Gasteiger partial charge in [0.25, 0.3) is 11.8 Å². The van der Waals surface area contributed by atoms with Crippen LogP contribution >= 0.6 is 22.7 Å². The maximum Gasteiger partial charge on any atom is 0.282 e. The second-order valence-corrected chi connectivity index (χ2v) is 10.8. The largest absolute Gasteiger partial charge is 0.335 e. The Labute approximate surface area is 217 Å². The number of benzene rings is 2. The maximum absolute atomic E-state index is 13.0. The fourth-order valence-corrected chi connectivity index (χ4v) is 6.13. The van der Waals surface area contributed by atoms with Crippen molar-refractivity contribution < 1.29 is 9.59 Å². The first kappa shape index (κ1) is 23.0. The molecule has 0 bridgehead atoms. The highest BCUT2D eigenvalue weighted by molar-refractivity contribution is 7.13. The molecule has 2 aromatic carbocycles. The molecule has 0 spiro atoms. The number of hydrogen-bond donors (Lipinski definition) is 0. The topological polar surface area (TPSA) is 69.6 Å². The van der Waals surface area contributed by atoms with Crippen LogP contribution in [0.4, 0.5) is 0 Å². The molecule has 0 unspecified atom stereocenters. The molecule has 0 atom stereocenters. The number of thiazole rings is 2. The molecule has 9 heteroatoms. The molecule has 2 fully saturated rings. The molecule has 2 aromatic heterocycles. The summed E-state index contributed by atoms with van der Waals surface area (Å²) < 4.78 is 0. The molecule has 6 rings (SSSR count). The third kappa shape index (κ3) is 4.57. The Bertz CT molecular complexity index is 1340. The molecule has 2 aliphatic heterocycles. The second kappa shape index (κ2) is 9.93. The summed E-state index contributed by atoms with van der Waals surface area (Å²) in [5, 5.41) is 5.40. The minimum Gasteiger partial charge on any atom is -0.335 e. The van der Waals surface area contributed by atoms with Crippen LogP contribution < -0.4 is 0 Å². The van der Waals surface area contributed by atoms with E-state index in [1.807, 2.05) is 57.6 Å². The van der Waals surface area contributed by atoms with Crippen molar-refractivity contribution in [3.63, 3.8) is 0 Å². The van der Waals surface area contributed by atoms with Crippen molar-refractivity contribution in [1.29, 1.82) is 0 Å². The Morgan fingerprint density at radius 3 is 2.25 bits per heavy atom. The van der Waals surface area contributed by atoms with Gasteiger partial charge in [-0.05, 0) is 12.1 Å². The summed E-state index contributed by atoms with van der Waals surface area (Å²) in [5.41, 5.74) is 3.80.